The van der Waals surface area contributed by atoms with Gasteiger partial charge < -0.3 is 25.4 Å². The van der Waals surface area contributed by atoms with Gasteiger partial charge in [0.15, 0.2) is 5.96 Å². The van der Waals surface area contributed by atoms with Crippen LogP contribution in [0.4, 0.5) is 4.79 Å². The quantitative estimate of drug-likeness (QED) is 0.175. The zero-order chi connectivity index (χ0) is 20.1. The van der Waals surface area contributed by atoms with Gasteiger partial charge in [-0.15, -0.1) is 24.0 Å². The number of ether oxygens (including phenoxy) is 2. The monoisotopic (exact) mass is 500 g/mol. The summed E-state index contributed by atoms with van der Waals surface area (Å²) < 4.78 is 10.5. The molecule has 0 aliphatic carbocycles. The van der Waals surface area contributed by atoms with Gasteiger partial charge in [-0.1, -0.05) is 13.8 Å². The van der Waals surface area contributed by atoms with Crippen LogP contribution in [0.2, 0.25) is 0 Å². The maximum Gasteiger partial charge on any atom is 0.408 e. The van der Waals surface area contributed by atoms with E-state index in [1.807, 2.05) is 20.8 Å². The number of hydrogen-bond acceptors (Lipinski definition) is 4. The van der Waals surface area contributed by atoms with E-state index in [0.717, 1.165) is 51.2 Å². The van der Waals surface area contributed by atoms with Crippen molar-refractivity contribution in [3.05, 3.63) is 0 Å². The Balaban J connectivity index is 0. The van der Waals surface area contributed by atoms with Crippen molar-refractivity contribution in [2.75, 3.05) is 33.9 Å². The fourth-order valence-corrected chi connectivity index (χ4v) is 2.47. The standard InChI is InChI=1S/C19H40N4O3.HI/c1-8-19(9-2,23-17(24)26-18(3,4)5)15-22-16(20-6)21-13-11-10-12-14-25-7;/h8-15H2,1-7H3,(H,23,24)(H2,20,21,22);1H. The molecule has 0 aromatic carbocycles. The Kier molecular flexibility index (Phi) is 16.0. The van der Waals surface area contributed by atoms with Gasteiger partial charge in [0.25, 0.3) is 0 Å². The highest BCUT2D eigenvalue weighted by Crippen LogP contribution is 2.16. The van der Waals surface area contributed by atoms with Gasteiger partial charge >= 0.3 is 6.09 Å². The molecule has 0 aliphatic rings. The van der Waals surface area contributed by atoms with Crippen LogP contribution in [0.15, 0.2) is 4.99 Å². The number of methoxy groups -OCH3 is 1. The molecule has 0 aliphatic heterocycles. The third kappa shape index (κ3) is 14.0. The zero-order valence-corrected chi connectivity index (χ0v) is 20.6. The van der Waals surface area contributed by atoms with Crippen LogP contribution >= 0.6 is 24.0 Å². The molecule has 0 aromatic heterocycles. The fourth-order valence-electron chi connectivity index (χ4n) is 2.47. The lowest BCUT2D eigenvalue weighted by Gasteiger charge is -2.34. The number of unbranched alkanes of at least 4 members (excludes halogenated alkanes) is 2. The Labute approximate surface area is 182 Å². The highest BCUT2D eigenvalue weighted by molar-refractivity contribution is 14.0. The van der Waals surface area contributed by atoms with Crippen LogP contribution in [0.25, 0.3) is 0 Å². The van der Waals surface area contributed by atoms with Gasteiger partial charge in [0, 0.05) is 33.9 Å². The first kappa shape index (κ1) is 28.4. The summed E-state index contributed by atoms with van der Waals surface area (Å²) in [5, 5.41) is 9.68. The first-order chi connectivity index (χ1) is 12.2. The smallest absolute Gasteiger partial charge is 0.408 e. The molecule has 7 nitrogen and oxygen atoms in total. The number of rotatable bonds is 11. The minimum Gasteiger partial charge on any atom is -0.444 e. The number of halogens is 1. The molecule has 0 atom stereocenters. The number of nitrogens with one attached hydrogen (secondary N) is 3. The van der Waals surface area contributed by atoms with E-state index in [0.29, 0.717) is 6.54 Å². The van der Waals surface area contributed by atoms with Crippen molar-refractivity contribution in [3.63, 3.8) is 0 Å². The van der Waals surface area contributed by atoms with Crippen molar-refractivity contribution in [3.8, 4) is 0 Å². The number of nitrogens with zero attached hydrogens (tertiary/aromatic N) is 1. The molecule has 162 valence electrons. The molecule has 8 heteroatoms. The lowest BCUT2D eigenvalue weighted by atomic mass is 9.93. The Bertz CT molecular complexity index is 422. The Morgan fingerprint density at radius 3 is 2.15 bits per heavy atom. The summed E-state index contributed by atoms with van der Waals surface area (Å²) in [6, 6.07) is 0. The summed E-state index contributed by atoms with van der Waals surface area (Å²) in [6.45, 7) is 12.0. The summed E-state index contributed by atoms with van der Waals surface area (Å²) in [6.07, 6.45) is 4.45. The molecular formula is C19H41IN4O3. The van der Waals surface area contributed by atoms with E-state index in [1.54, 1.807) is 14.2 Å². The molecule has 0 saturated carbocycles. The highest BCUT2D eigenvalue weighted by atomic mass is 127. The predicted molar refractivity (Wildman–Crippen MR) is 123 cm³/mol. The summed E-state index contributed by atoms with van der Waals surface area (Å²) in [7, 11) is 3.48. The summed E-state index contributed by atoms with van der Waals surface area (Å²) in [4.78, 5) is 16.4. The van der Waals surface area contributed by atoms with Crippen molar-refractivity contribution < 1.29 is 14.3 Å². The largest absolute Gasteiger partial charge is 0.444 e. The van der Waals surface area contributed by atoms with Crippen LogP contribution in [0.3, 0.4) is 0 Å². The molecule has 0 radical (unpaired) electrons. The molecule has 1 amide bonds. The number of carbonyl (C=O) groups excluding carboxylic acids is 1. The number of alkyl carbamates (subject to hydrolysis) is 1. The summed E-state index contributed by atoms with van der Waals surface area (Å²) >= 11 is 0. The van der Waals surface area contributed by atoms with Crippen LogP contribution in [-0.2, 0) is 9.47 Å². The molecule has 0 spiro atoms. The zero-order valence-electron chi connectivity index (χ0n) is 18.2. The second-order valence-corrected chi connectivity index (χ2v) is 7.52. The molecule has 0 heterocycles. The molecule has 0 rings (SSSR count). The predicted octanol–water partition coefficient (Wildman–Crippen LogP) is 3.67. The average Bonchev–Trinajstić information content (AvgIpc) is 2.57. The van der Waals surface area contributed by atoms with Crippen LogP contribution in [0.5, 0.6) is 0 Å². The maximum atomic E-state index is 12.2. The number of guanidine groups is 1. The molecule has 0 unspecified atom stereocenters. The van der Waals surface area contributed by atoms with Gasteiger partial charge in [0.2, 0.25) is 0 Å². The topological polar surface area (TPSA) is 84.0 Å². The lowest BCUT2D eigenvalue weighted by molar-refractivity contribution is 0.0448. The third-order valence-corrected chi connectivity index (χ3v) is 4.26. The summed E-state index contributed by atoms with van der Waals surface area (Å²) in [5.41, 5.74) is -0.885. The summed E-state index contributed by atoms with van der Waals surface area (Å²) in [5.74, 6) is 0.744. The van der Waals surface area contributed by atoms with Gasteiger partial charge in [0.1, 0.15) is 5.60 Å². The van der Waals surface area contributed by atoms with Gasteiger partial charge in [-0.25, -0.2) is 4.79 Å². The van der Waals surface area contributed by atoms with Crippen LogP contribution < -0.4 is 16.0 Å². The van der Waals surface area contributed by atoms with Gasteiger partial charge in [-0.3, -0.25) is 4.99 Å². The van der Waals surface area contributed by atoms with Gasteiger partial charge in [-0.2, -0.15) is 0 Å². The number of amides is 1. The molecular weight excluding hydrogens is 459 g/mol. The molecule has 27 heavy (non-hydrogen) atoms. The van der Waals surface area contributed by atoms with Gasteiger partial charge in [-0.05, 0) is 52.9 Å². The number of aliphatic imine (C=N–C) groups is 1. The minimum absolute atomic E-state index is 0. The fraction of sp³-hybridized carbons (Fsp3) is 0.895. The number of carbonyl (C=O) groups is 1. The van der Waals surface area contributed by atoms with Crippen molar-refractivity contribution >= 4 is 36.0 Å². The minimum atomic E-state index is -0.509. The van der Waals surface area contributed by atoms with Crippen LogP contribution in [-0.4, -0.2) is 57.0 Å². The Hall–Kier alpha value is -0.770. The van der Waals surface area contributed by atoms with Crippen molar-refractivity contribution in [2.45, 2.75) is 77.9 Å². The molecule has 0 bridgehead atoms. The average molecular weight is 500 g/mol. The molecule has 0 aromatic rings. The van der Waals surface area contributed by atoms with Gasteiger partial charge in [0.05, 0.1) is 5.54 Å². The number of hydrogen-bond donors (Lipinski definition) is 3. The first-order valence-electron chi connectivity index (χ1n) is 9.66. The van der Waals surface area contributed by atoms with E-state index in [4.69, 9.17) is 9.47 Å². The second-order valence-electron chi connectivity index (χ2n) is 7.52. The molecule has 0 fully saturated rings. The first-order valence-corrected chi connectivity index (χ1v) is 9.66. The Morgan fingerprint density at radius 2 is 1.67 bits per heavy atom. The molecule has 0 saturated heterocycles. The van der Waals surface area contributed by atoms with E-state index < -0.39 is 5.60 Å². The molecule has 3 N–H and O–H groups in total. The van der Waals surface area contributed by atoms with Crippen molar-refractivity contribution in [2.24, 2.45) is 4.99 Å². The normalized spacial score (nSPS) is 12.2. The maximum absolute atomic E-state index is 12.2. The SMILES string of the molecule is CCC(CC)(CNC(=NC)NCCCCCOC)NC(=O)OC(C)(C)C.I. The van der Waals surface area contributed by atoms with Crippen molar-refractivity contribution in [1.82, 2.24) is 16.0 Å². The lowest BCUT2D eigenvalue weighted by Crippen LogP contribution is -2.57. The van der Waals surface area contributed by atoms with Crippen LogP contribution in [0, 0.1) is 0 Å². The van der Waals surface area contributed by atoms with E-state index in [2.05, 4.69) is 34.8 Å². The Morgan fingerprint density at radius 1 is 1.04 bits per heavy atom. The second kappa shape index (κ2) is 15.2. The van der Waals surface area contributed by atoms with E-state index in [1.165, 1.54) is 0 Å². The van der Waals surface area contributed by atoms with E-state index in [9.17, 15) is 4.79 Å². The van der Waals surface area contributed by atoms with Crippen LogP contribution in [0.1, 0.15) is 66.7 Å². The third-order valence-electron chi connectivity index (χ3n) is 4.26. The van der Waals surface area contributed by atoms with E-state index >= 15 is 0 Å². The highest BCUT2D eigenvalue weighted by Gasteiger charge is 2.30. The van der Waals surface area contributed by atoms with E-state index in [-0.39, 0.29) is 35.6 Å². The van der Waals surface area contributed by atoms with Crippen molar-refractivity contribution in [1.29, 1.82) is 0 Å².